The number of nitrogens with zero attached hydrogens (tertiary/aromatic N) is 1. The van der Waals surface area contributed by atoms with Gasteiger partial charge in [-0.3, -0.25) is 9.71 Å². The van der Waals surface area contributed by atoms with Gasteiger partial charge in [-0.2, -0.15) is 0 Å². The van der Waals surface area contributed by atoms with Crippen LogP contribution in [0.1, 0.15) is 6.92 Å². The van der Waals surface area contributed by atoms with Gasteiger partial charge in [-0.1, -0.05) is 18.2 Å². The van der Waals surface area contributed by atoms with Gasteiger partial charge in [-0.25, -0.2) is 8.42 Å². The molecule has 19 heavy (non-hydrogen) atoms. The fraction of sp³-hybridized carbons (Fsp3) is 0.154. The molecule has 100 valence electrons. The highest BCUT2D eigenvalue weighted by molar-refractivity contribution is 7.92. The van der Waals surface area contributed by atoms with Crippen molar-refractivity contribution in [2.24, 2.45) is 0 Å². The Hall–Kier alpha value is -2.08. The Morgan fingerprint density at radius 1 is 1.16 bits per heavy atom. The van der Waals surface area contributed by atoms with Crippen LogP contribution in [0.2, 0.25) is 0 Å². The largest absolute Gasteiger partial charge is 0.384 e. The molecule has 0 aliphatic heterocycles. The van der Waals surface area contributed by atoms with Gasteiger partial charge in [-0.15, -0.1) is 0 Å². The van der Waals surface area contributed by atoms with Gasteiger partial charge < -0.3 is 5.32 Å². The van der Waals surface area contributed by atoms with Crippen molar-refractivity contribution in [3.8, 4) is 0 Å². The highest BCUT2D eigenvalue weighted by atomic mass is 32.2. The molecule has 1 heterocycles. The molecule has 0 fully saturated rings. The monoisotopic (exact) mass is 277 g/mol. The lowest BCUT2D eigenvalue weighted by molar-refractivity contribution is 0.601. The third-order valence-electron chi connectivity index (χ3n) is 2.47. The summed E-state index contributed by atoms with van der Waals surface area (Å²) in [6.07, 6.45) is 2.89. The minimum absolute atomic E-state index is 0.140. The highest BCUT2D eigenvalue weighted by Crippen LogP contribution is 2.22. The van der Waals surface area contributed by atoms with Crippen LogP contribution in [0.3, 0.4) is 0 Å². The molecule has 0 unspecified atom stereocenters. The second kappa shape index (κ2) is 5.71. The number of nitrogens with one attached hydrogen (secondary N) is 2. The summed E-state index contributed by atoms with van der Waals surface area (Å²) >= 11 is 0. The summed E-state index contributed by atoms with van der Waals surface area (Å²) in [6.45, 7) is 2.54. The summed E-state index contributed by atoms with van der Waals surface area (Å²) in [5, 5.41) is 3.01. The second-order valence-corrected chi connectivity index (χ2v) is 5.52. The number of rotatable bonds is 5. The molecular weight excluding hydrogens is 262 g/mol. The van der Waals surface area contributed by atoms with Crippen molar-refractivity contribution >= 4 is 21.4 Å². The third kappa shape index (κ3) is 3.23. The molecule has 0 radical (unpaired) electrons. The zero-order valence-electron chi connectivity index (χ0n) is 10.5. The summed E-state index contributed by atoms with van der Waals surface area (Å²) in [7, 11) is -3.64. The first kappa shape index (κ1) is 13.4. The SMILES string of the molecule is CCNc1ccncc1S(=O)(=O)Nc1ccccc1. The number of aromatic nitrogens is 1. The lowest BCUT2D eigenvalue weighted by atomic mass is 10.3. The normalized spacial score (nSPS) is 11.0. The van der Waals surface area contributed by atoms with Crippen molar-refractivity contribution in [3.05, 3.63) is 48.8 Å². The van der Waals surface area contributed by atoms with Gasteiger partial charge in [-0.05, 0) is 25.1 Å². The van der Waals surface area contributed by atoms with E-state index < -0.39 is 10.0 Å². The van der Waals surface area contributed by atoms with Gasteiger partial charge in [0.05, 0.1) is 5.69 Å². The maximum atomic E-state index is 12.3. The second-order valence-electron chi connectivity index (χ2n) is 3.87. The predicted molar refractivity (Wildman–Crippen MR) is 75.7 cm³/mol. The zero-order chi connectivity index (χ0) is 13.7. The predicted octanol–water partition coefficient (Wildman–Crippen LogP) is 2.31. The first-order valence-electron chi connectivity index (χ1n) is 5.89. The van der Waals surface area contributed by atoms with Crippen molar-refractivity contribution in [1.82, 2.24) is 4.98 Å². The van der Waals surface area contributed by atoms with Crippen LogP contribution in [-0.4, -0.2) is 19.9 Å². The maximum Gasteiger partial charge on any atom is 0.265 e. The number of hydrogen-bond acceptors (Lipinski definition) is 4. The van der Waals surface area contributed by atoms with Gasteiger partial charge in [0.25, 0.3) is 10.0 Å². The Morgan fingerprint density at radius 2 is 1.89 bits per heavy atom. The molecule has 1 aromatic carbocycles. The molecule has 2 rings (SSSR count). The zero-order valence-corrected chi connectivity index (χ0v) is 11.3. The van der Waals surface area contributed by atoms with E-state index in [0.717, 1.165) is 0 Å². The van der Waals surface area contributed by atoms with E-state index >= 15 is 0 Å². The number of anilines is 2. The summed E-state index contributed by atoms with van der Waals surface area (Å²) < 4.78 is 27.1. The highest BCUT2D eigenvalue weighted by Gasteiger charge is 2.18. The molecule has 0 aliphatic carbocycles. The van der Waals surface area contributed by atoms with Crippen molar-refractivity contribution in [2.45, 2.75) is 11.8 Å². The van der Waals surface area contributed by atoms with E-state index in [9.17, 15) is 8.42 Å². The Kier molecular flexibility index (Phi) is 4.01. The quantitative estimate of drug-likeness (QED) is 0.879. The van der Waals surface area contributed by atoms with Crippen LogP contribution in [0.5, 0.6) is 0 Å². The first-order chi connectivity index (χ1) is 9.13. The minimum atomic E-state index is -3.64. The summed E-state index contributed by atoms with van der Waals surface area (Å²) in [5.74, 6) is 0. The Balaban J connectivity index is 2.35. The van der Waals surface area contributed by atoms with Gasteiger partial charge in [0, 0.05) is 24.6 Å². The standard InChI is InChI=1S/C13H15N3O2S/c1-2-15-12-8-9-14-10-13(12)19(17,18)16-11-6-4-3-5-7-11/h3-10,16H,2H2,1H3,(H,14,15). The number of benzene rings is 1. The van der Waals surface area contributed by atoms with Gasteiger partial charge in [0.15, 0.2) is 0 Å². The molecule has 0 bridgehead atoms. The number of hydrogen-bond donors (Lipinski definition) is 2. The summed E-state index contributed by atoms with van der Waals surface area (Å²) in [6, 6.07) is 10.4. The van der Waals surface area contributed by atoms with E-state index in [1.54, 1.807) is 36.5 Å². The molecule has 6 heteroatoms. The lowest BCUT2D eigenvalue weighted by Crippen LogP contribution is -2.15. The Morgan fingerprint density at radius 3 is 2.58 bits per heavy atom. The first-order valence-corrected chi connectivity index (χ1v) is 7.37. The molecule has 2 aromatic rings. The van der Waals surface area contributed by atoms with Crippen LogP contribution >= 0.6 is 0 Å². The molecule has 5 nitrogen and oxygen atoms in total. The van der Waals surface area contributed by atoms with Crippen molar-refractivity contribution in [1.29, 1.82) is 0 Å². The van der Waals surface area contributed by atoms with E-state index in [-0.39, 0.29) is 4.90 Å². The van der Waals surface area contributed by atoms with Crippen molar-refractivity contribution in [2.75, 3.05) is 16.6 Å². The van der Waals surface area contributed by atoms with Crippen LogP contribution in [0.4, 0.5) is 11.4 Å². The summed E-state index contributed by atoms with van der Waals surface area (Å²) in [5.41, 5.74) is 1.06. The molecule has 0 aliphatic rings. The Bertz CT molecular complexity index is 642. The molecule has 1 aromatic heterocycles. The minimum Gasteiger partial charge on any atom is -0.384 e. The fourth-order valence-electron chi connectivity index (χ4n) is 1.65. The smallest absolute Gasteiger partial charge is 0.265 e. The van der Waals surface area contributed by atoms with Crippen LogP contribution in [-0.2, 0) is 10.0 Å². The van der Waals surface area contributed by atoms with E-state index in [0.29, 0.717) is 17.9 Å². The van der Waals surface area contributed by atoms with Crippen LogP contribution < -0.4 is 10.0 Å². The molecule has 0 saturated heterocycles. The Labute approximate surface area is 112 Å². The van der Waals surface area contributed by atoms with Crippen LogP contribution in [0, 0.1) is 0 Å². The number of para-hydroxylation sites is 1. The van der Waals surface area contributed by atoms with E-state index in [1.807, 2.05) is 13.0 Å². The van der Waals surface area contributed by atoms with Crippen LogP contribution in [0.15, 0.2) is 53.7 Å². The van der Waals surface area contributed by atoms with Crippen molar-refractivity contribution in [3.63, 3.8) is 0 Å². The molecule has 0 saturated carbocycles. The lowest BCUT2D eigenvalue weighted by Gasteiger charge is -2.12. The topological polar surface area (TPSA) is 71.1 Å². The third-order valence-corrected chi connectivity index (χ3v) is 3.88. The number of sulfonamides is 1. The molecule has 0 atom stereocenters. The van der Waals surface area contributed by atoms with Gasteiger partial charge in [0.2, 0.25) is 0 Å². The average Bonchev–Trinajstić information content (AvgIpc) is 2.40. The van der Waals surface area contributed by atoms with Gasteiger partial charge in [0.1, 0.15) is 4.90 Å². The van der Waals surface area contributed by atoms with E-state index in [2.05, 4.69) is 15.0 Å². The molecule has 0 spiro atoms. The average molecular weight is 277 g/mol. The van der Waals surface area contributed by atoms with E-state index in [1.165, 1.54) is 6.20 Å². The molecule has 0 amide bonds. The summed E-state index contributed by atoms with van der Waals surface area (Å²) in [4.78, 5) is 4.02. The molecule has 2 N–H and O–H groups in total. The fourth-order valence-corrected chi connectivity index (χ4v) is 2.83. The van der Waals surface area contributed by atoms with Crippen LogP contribution in [0.25, 0.3) is 0 Å². The maximum absolute atomic E-state index is 12.3. The van der Waals surface area contributed by atoms with Gasteiger partial charge >= 0.3 is 0 Å². The van der Waals surface area contributed by atoms with Crippen molar-refractivity contribution < 1.29 is 8.42 Å². The van der Waals surface area contributed by atoms with E-state index in [4.69, 9.17) is 0 Å². The number of pyridine rings is 1. The molecular formula is C13H15N3O2S.